The summed E-state index contributed by atoms with van der Waals surface area (Å²) in [4.78, 5) is 16.6. The molecular weight excluding hydrogens is 405 g/mol. The van der Waals surface area contributed by atoms with E-state index < -0.39 is 5.82 Å². The lowest BCUT2D eigenvalue weighted by Gasteiger charge is -2.10. The maximum Gasteiger partial charge on any atom is 0.230 e. The topological polar surface area (TPSA) is 72.5 Å². The van der Waals surface area contributed by atoms with Gasteiger partial charge in [0.15, 0.2) is 5.13 Å². The molecule has 3 aromatic rings. The lowest BCUT2D eigenvalue weighted by Crippen LogP contribution is -2.14. The second kappa shape index (κ2) is 8.90. The zero-order valence-corrected chi connectivity index (χ0v) is 16.7. The number of rotatable bonds is 7. The Labute approximate surface area is 170 Å². The monoisotopic (exact) mass is 421 g/mol. The SMILES string of the molecule is COc1ccc(OC)c(Nc2nc(CC(=O)Nc3ccc(F)c(Cl)c3)cs2)c1. The second-order valence-electron chi connectivity index (χ2n) is 5.69. The summed E-state index contributed by atoms with van der Waals surface area (Å²) in [6, 6.07) is 9.38. The maximum atomic E-state index is 13.2. The number of carbonyl (C=O) groups excluding carboxylic acids is 1. The number of carbonyl (C=O) groups is 1. The van der Waals surface area contributed by atoms with Crippen LogP contribution >= 0.6 is 22.9 Å². The third kappa shape index (κ3) is 4.90. The van der Waals surface area contributed by atoms with Crippen LogP contribution in [0.5, 0.6) is 11.5 Å². The van der Waals surface area contributed by atoms with Crippen molar-refractivity contribution in [1.82, 2.24) is 4.98 Å². The lowest BCUT2D eigenvalue weighted by atomic mass is 10.2. The Morgan fingerprint density at radius 3 is 2.75 bits per heavy atom. The fraction of sp³-hybridized carbons (Fsp3) is 0.158. The van der Waals surface area contributed by atoms with Crippen LogP contribution in [0.2, 0.25) is 5.02 Å². The standard InChI is InChI=1S/C19H17ClFN3O3S/c1-26-13-4-6-17(27-2)16(9-13)24-19-23-12(10-28-19)8-18(25)22-11-3-5-15(21)14(20)7-11/h3-7,9-10H,8H2,1-2H3,(H,22,25)(H,23,24). The molecule has 0 spiro atoms. The fourth-order valence-electron chi connectivity index (χ4n) is 2.42. The molecular formula is C19H17ClFN3O3S. The quantitative estimate of drug-likeness (QED) is 0.569. The van der Waals surface area contributed by atoms with E-state index in [4.69, 9.17) is 21.1 Å². The molecule has 3 rings (SSSR count). The summed E-state index contributed by atoms with van der Waals surface area (Å²) in [7, 11) is 3.16. The highest BCUT2D eigenvalue weighted by Crippen LogP contribution is 2.32. The van der Waals surface area contributed by atoms with E-state index in [-0.39, 0.29) is 17.4 Å². The Kier molecular flexibility index (Phi) is 6.33. The molecule has 2 aromatic carbocycles. The Balaban J connectivity index is 1.65. The molecule has 1 aromatic heterocycles. The van der Waals surface area contributed by atoms with Crippen LogP contribution in [0.25, 0.3) is 0 Å². The first-order valence-corrected chi connectivity index (χ1v) is 9.42. The highest BCUT2D eigenvalue weighted by Gasteiger charge is 2.11. The minimum absolute atomic E-state index is 0.0508. The van der Waals surface area contributed by atoms with Gasteiger partial charge in [0.2, 0.25) is 5.91 Å². The summed E-state index contributed by atoms with van der Waals surface area (Å²) in [6.07, 6.45) is 0.0718. The Hall–Kier alpha value is -2.84. The maximum absolute atomic E-state index is 13.2. The number of hydrogen-bond donors (Lipinski definition) is 2. The lowest BCUT2D eigenvalue weighted by molar-refractivity contribution is -0.115. The van der Waals surface area contributed by atoms with Gasteiger partial charge in [0, 0.05) is 17.1 Å². The molecule has 0 atom stereocenters. The van der Waals surface area contributed by atoms with Crippen molar-refractivity contribution in [1.29, 1.82) is 0 Å². The van der Waals surface area contributed by atoms with Crippen LogP contribution < -0.4 is 20.1 Å². The molecule has 0 aliphatic heterocycles. The number of anilines is 3. The Morgan fingerprint density at radius 1 is 1.21 bits per heavy atom. The molecule has 1 heterocycles. The van der Waals surface area contributed by atoms with Crippen LogP contribution in [-0.4, -0.2) is 25.1 Å². The molecule has 2 N–H and O–H groups in total. The number of aromatic nitrogens is 1. The average Bonchev–Trinajstić information content (AvgIpc) is 3.11. The smallest absolute Gasteiger partial charge is 0.230 e. The zero-order valence-electron chi connectivity index (χ0n) is 15.1. The number of halogens is 2. The molecule has 0 saturated carbocycles. The predicted molar refractivity (Wildman–Crippen MR) is 109 cm³/mol. The van der Waals surface area contributed by atoms with Crippen LogP contribution in [0.3, 0.4) is 0 Å². The molecule has 0 saturated heterocycles. The van der Waals surface area contributed by atoms with E-state index in [0.717, 1.165) is 0 Å². The first-order chi connectivity index (χ1) is 13.5. The Bertz CT molecular complexity index is 996. The third-order valence-electron chi connectivity index (χ3n) is 3.75. The van der Waals surface area contributed by atoms with Gasteiger partial charge in [-0.1, -0.05) is 11.6 Å². The minimum atomic E-state index is -0.539. The van der Waals surface area contributed by atoms with Gasteiger partial charge in [-0.2, -0.15) is 0 Å². The molecule has 1 amide bonds. The van der Waals surface area contributed by atoms with E-state index in [9.17, 15) is 9.18 Å². The highest BCUT2D eigenvalue weighted by atomic mass is 35.5. The summed E-state index contributed by atoms with van der Waals surface area (Å²) >= 11 is 7.08. The minimum Gasteiger partial charge on any atom is -0.497 e. The number of nitrogens with zero attached hydrogens (tertiary/aromatic N) is 1. The van der Waals surface area contributed by atoms with Crippen molar-refractivity contribution in [3.63, 3.8) is 0 Å². The largest absolute Gasteiger partial charge is 0.497 e. The van der Waals surface area contributed by atoms with Crippen LogP contribution in [0.1, 0.15) is 5.69 Å². The van der Waals surface area contributed by atoms with E-state index in [1.807, 2.05) is 0 Å². The zero-order chi connectivity index (χ0) is 20.1. The average molecular weight is 422 g/mol. The molecule has 28 heavy (non-hydrogen) atoms. The second-order valence-corrected chi connectivity index (χ2v) is 6.95. The van der Waals surface area contributed by atoms with Crippen molar-refractivity contribution in [2.24, 2.45) is 0 Å². The molecule has 0 aliphatic carbocycles. The first kappa shape index (κ1) is 19.9. The number of amides is 1. The molecule has 0 fully saturated rings. The van der Waals surface area contributed by atoms with Crippen molar-refractivity contribution in [2.75, 3.05) is 24.9 Å². The van der Waals surface area contributed by atoms with Crippen molar-refractivity contribution < 1.29 is 18.7 Å². The van der Waals surface area contributed by atoms with Gasteiger partial charge in [0.25, 0.3) is 0 Å². The van der Waals surface area contributed by atoms with E-state index >= 15 is 0 Å². The summed E-state index contributed by atoms with van der Waals surface area (Å²) in [5.41, 5.74) is 1.72. The molecule has 0 unspecified atom stereocenters. The van der Waals surface area contributed by atoms with E-state index in [0.29, 0.717) is 33.7 Å². The number of nitrogens with one attached hydrogen (secondary N) is 2. The number of methoxy groups -OCH3 is 2. The van der Waals surface area contributed by atoms with Crippen molar-refractivity contribution in [2.45, 2.75) is 6.42 Å². The van der Waals surface area contributed by atoms with Gasteiger partial charge in [-0.3, -0.25) is 4.79 Å². The molecule has 6 nitrogen and oxygen atoms in total. The van der Waals surface area contributed by atoms with Crippen LogP contribution in [0, 0.1) is 5.82 Å². The predicted octanol–water partition coefficient (Wildman–Crippen LogP) is 4.88. The van der Waals surface area contributed by atoms with Gasteiger partial charge in [-0.15, -0.1) is 11.3 Å². The summed E-state index contributed by atoms with van der Waals surface area (Å²) in [6.45, 7) is 0. The number of ether oxygens (including phenoxy) is 2. The van der Waals surface area contributed by atoms with Gasteiger partial charge in [-0.25, -0.2) is 9.37 Å². The number of thiazole rings is 1. The summed E-state index contributed by atoms with van der Waals surface area (Å²) < 4.78 is 23.7. The van der Waals surface area contributed by atoms with E-state index in [2.05, 4.69) is 15.6 Å². The summed E-state index contributed by atoms with van der Waals surface area (Å²) in [5.74, 6) is 0.502. The first-order valence-electron chi connectivity index (χ1n) is 8.17. The molecule has 0 radical (unpaired) electrons. The van der Waals surface area contributed by atoms with Gasteiger partial charge < -0.3 is 20.1 Å². The van der Waals surface area contributed by atoms with E-state index in [1.165, 1.54) is 29.5 Å². The van der Waals surface area contributed by atoms with Gasteiger partial charge in [0.05, 0.1) is 37.0 Å². The molecule has 9 heteroatoms. The third-order valence-corrected chi connectivity index (χ3v) is 4.84. The highest BCUT2D eigenvalue weighted by molar-refractivity contribution is 7.13. The normalized spacial score (nSPS) is 10.4. The van der Waals surface area contributed by atoms with Gasteiger partial charge in [0.1, 0.15) is 17.3 Å². The van der Waals surface area contributed by atoms with Crippen molar-refractivity contribution in [3.05, 3.63) is 58.3 Å². The van der Waals surface area contributed by atoms with E-state index in [1.54, 1.807) is 37.8 Å². The molecule has 0 bridgehead atoms. The number of benzene rings is 2. The van der Waals surface area contributed by atoms with Gasteiger partial charge in [-0.05, 0) is 30.3 Å². The van der Waals surface area contributed by atoms with Crippen LogP contribution in [-0.2, 0) is 11.2 Å². The Morgan fingerprint density at radius 2 is 2.04 bits per heavy atom. The fourth-order valence-corrected chi connectivity index (χ4v) is 3.32. The molecule has 0 aliphatic rings. The summed E-state index contributed by atoms with van der Waals surface area (Å²) in [5, 5.41) is 8.18. The van der Waals surface area contributed by atoms with Crippen LogP contribution in [0.15, 0.2) is 41.8 Å². The van der Waals surface area contributed by atoms with Crippen molar-refractivity contribution >= 4 is 45.4 Å². The van der Waals surface area contributed by atoms with Gasteiger partial charge >= 0.3 is 0 Å². The van der Waals surface area contributed by atoms with Crippen molar-refractivity contribution in [3.8, 4) is 11.5 Å². The molecule has 146 valence electrons. The number of hydrogen-bond acceptors (Lipinski definition) is 6. The van der Waals surface area contributed by atoms with Crippen LogP contribution in [0.4, 0.5) is 20.9 Å².